The molecule has 0 spiro atoms. The van der Waals surface area contributed by atoms with Gasteiger partial charge in [0, 0.05) is 18.1 Å². The van der Waals surface area contributed by atoms with Crippen molar-refractivity contribution in [2.75, 3.05) is 5.32 Å². The number of alkyl halides is 3. The first-order chi connectivity index (χ1) is 14.3. The van der Waals surface area contributed by atoms with Crippen LogP contribution in [0.3, 0.4) is 0 Å². The van der Waals surface area contributed by atoms with Crippen LogP contribution in [0.4, 0.5) is 24.8 Å². The molecule has 0 radical (unpaired) electrons. The predicted molar refractivity (Wildman–Crippen MR) is 115 cm³/mol. The standard InChI is InChI=1S/C22H25F3N4S/c1-3-4-5-6-7-8-20-27-14-18(30-20)16-11-15(2)12-17(13-16)28-21-26-10-9-19(29-21)22(23,24)25/h9-14H,3-8H2,1-2H3,(H,26,28,29). The predicted octanol–water partition coefficient (Wildman–Crippen LogP) is 7.18. The summed E-state index contributed by atoms with van der Waals surface area (Å²) in [6.07, 6.45) is 5.57. The lowest BCUT2D eigenvalue weighted by Crippen LogP contribution is -2.10. The Morgan fingerprint density at radius 1 is 1.03 bits per heavy atom. The van der Waals surface area contributed by atoms with Gasteiger partial charge in [0.2, 0.25) is 5.95 Å². The second-order valence-corrected chi connectivity index (χ2v) is 8.37. The zero-order chi connectivity index (χ0) is 21.6. The molecule has 2 aromatic heterocycles. The molecule has 0 aliphatic carbocycles. The van der Waals surface area contributed by atoms with Gasteiger partial charge in [-0.05, 0) is 49.1 Å². The zero-order valence-corrected chi connectivity index (χ0v) is 17.9. The third-order valence-corrected chi connectivity index (χ3v) is 5.72. The summed E-state index contributed by atoms with van der Waals surface area (Å²) in [6, 6.07) is 6.63. The molecule has 0 unspecified atom stereocenters. The van der Waals surface area contributed by atoms with Crippen molar-refractivity contribution in [3.8, 4) is 10.4 Å². The van der Waals surface area contributed by atoms with E-state index in [4.69, 9.17) is 0 Å². The summed E-state index contributed by atoms with van der Waals surface area (Å²) >= 11 is 1.66. The number of hydrogen-bond donors (Lipinski definition) is 1. The van der Waals surface area contributed by atoms with Crippen LogP contribution in [0.5, 0.6) is 0 Å². The van der Waals surface area contributed by atoms with Crippen LogP contribution < -0.4 is 5.32 Å². The SMILES string of the molecule is CCCCCCCc1ncc(-c2cc(C)cc(Nc3nccc(C(F)(F)F)n3)c2)s1. The van der Waals surface area contributed by atoms with E-state index in [1.165, 1.54) is 25.7 Å². The number of benzene rings is 1. The molecule has 3 aromatic rings. The molecule has 0 aliphatic heterocycles. The Hall–Kier alpha value is -2.48. The highest BCUT2D eigenvalue weighted by atomic mass is 32.1. The van der Waals surface area contributed by atoms with Gasteiger partial charge < -0.3 is 5.32 Å². The fourth-order valence-electron chi connectivity index (χ4n) is 3.14. The van der Waals surface area contributed by atoms with Gasteiger partial charge >= 0.3 is 6.18 Å². The Morgan fingerprint density at radius 3 is 2.60 bits per heavy atom. The van der Waals surface area contributed by atoms with Crippen LogP contribution in [0.2, 0.25) is 0 Å². The van der Waals surface area contributed by atoms with Crippen molar-refractivity contribution in [2.45, 2.75) is 58.5 Å². The van der Waals surface area contributed by atoms with Crippen LogP contribution in [0.1, 0.15) is 55.3 Å². The van der Waals surface area contributed by atoms with Gasteiger partial charge in [0.05, 0.1) is 9.88 Å². The molecule has 0 saturated heterocycles. The lowest BCUT2D eigenvalue weighted by atomic mass is 10.1. The number of rotatable bonds is 9. The van der Waals surface area contributed by atoms with Crippen LogP contribution in [0.15, 0.2) is 36.7 Å². The average molecular weight is 435 g/mol. The van der Waals surface area contributed by atoms with Gasteiger partial charge in [0.25, 0.3) is 0 Å². The van der Waals surface area contributed by atoms with Gasteiger partial charge in [-0.25, -0.2) is 15.0 Å². The topological polar surface area (TPSA) is 50.7 Å². The largest absolute Gasteiger partial charge is 0.433 e. The van der Waals surface area contributed by atoms with E-state index in [-0.39, 0.29) is 5.95 Å². The molecule has 0 aliphatic rings. The minimum absolute atomic E-state index is 0.0848. The first-order valence-corrected chi connectivity index (χ1v) is 10.9. The molecule has 160 valence electrons. The fraction of sp³-hybridized carbons (Fsp3) is 0.409. The molecule has 8 heteroatoms. The average Bonchev–Trinajstić information content (AvgIpc) is 3.16. The first-order valence-electron chi connectivity index (χ1n) is 10.1. The molecule has 1 N–H and O–H groups in total. The number of nitrogens with zero attached hydrogens (tertiary/aromatic N) is 3. The fourth-order valence-corrected chi connectivity index (χ4v) is 4.09. The van der Waals surface area contributed by atoms with Crippen LogP contribution >= 0.6 is 11.3 Å². The lowest BCUT2D eigenvalue weighted by Gasteiger charge is -2.10. The normalized spacial score (nSPS) is 11.6. The van der Waals surface area contributed by atoms with Crippen molar-refractivity contribution in [3.05, 3.63) is 52.9 Å². The van der Waals surface area contributed by atoms with E-state index in [0.717, 1.165) is 46.1 Å². The Labute approximate surface area is 178 Å². The number of halogens is 3. The number of hydrogen-bond acceptors (Lipinski definition) is 5. The molecule has 2 heterocycles. The second kappa shape index (κ2) is 10.0. The number of aromatic nitrogens is 3. The minimum Gasteiger partial charge on any atom is -0.324 e. The van der Waals surface area contributed by atoms with E-state index in [1.807, 2.05) is 31.3 Å². The van der Waals surface area contributed by atoms with E-state index in [2.05, 4.69) is 27.2 Å². The second-order valence-electron chi connectivity index (χ2n) is 7.26. The maximum absolute atomic E-state index is 12.9. The first kappa shape index (κ1) is 22.2. The number of aryl methyl sites for hydroxylation is 2. The van der Waals surface area contributed by atoms with Crippen molar-refractivity contribution < 1.29 is 13.2 Å². The summed E-state index contributed by atoms with van der Waals surface area (Å²) in [7, 11) is 0. The summed E-state index contributed by atoms with van der Waals surface area (Å²) < 4.78 is 38.7. The molecule has 0 atom stereocenters. The minimum atomic E-state index is -4.51. The van der Waals surface area contributed by atoms with E-state index >= 15 is 0 Å². The molecule has 0 saturated carbocycles. The number of anilines is 2. The van der Waals surface area contributed by atoms with Gasteiger partial charge in [-0.15, -0.1) is 11.3 Å². The van der Waals surface area contributed by atoms with Crippen LogP contribution in [-0.2, 0) is 12.6 Å². The van der Waals surface area contributed by atoms with Crippen molar-refractivity contribution in [1.82, 2.24) is 15.0 Å². The van der Waals surface area contributed by atoms with Gasteiger partial charge in [-0.1, -0.05) is 38.7 Å². The third kappa shape index (κ3) is 6.26. The molecule has 4 nitrogen and oxygen atoms in total. The van der Waals surface area contributed by atoms with Crippen molar-refractivity contribution in [2.24, 2.45) is 0 Å². The Bertz CT molecular complexity index is 969. The summed E-state index contributed by atoms with van der Waals surface area (Å²) in [5.74, 6) is -0.0848. The number of unbranched alkanes of at least 4 members (excludes halogenated alkanes) is 4. The lowest BCUT2D eigenvalue weighted by molar-refractivity contribution is -0.141. The van der Waals surface area contributed by atoms with Crippen LogP contribution in [-0.4, -0.2) is 15.0 Å². The quantitative estimate of drug-likeness (QED) is 0.362. The van der Waals surface area contributed by atoms with Crippen molar-refractivity contribution in [1.29, 1.82) is 0 Å². The maximum atomic E-state index is 12.9. The van der Waals surface area contributed by atoms with E-state index < -0.39 is 11.9 Å². The molecule has 30 heavy (non-hydrogen) atoms. The van der Waals surface area contributed by atoms with E-state index in [1.54, 1.807) is 11.3 Å². The van der Waals surface area contributed by atoms with E-state index in [9.17, 15) is 13.2 Å². The molecular weight excluding hydrogens is 409 g/mol. The molecular formula is C22H25F3N4S. The monoisotopic (exact) mass is 434 g/mol. The summed E-state index contributed by atoms with van der Waals surface area (Å²) in [4.78, 5) is 13.1. The Balaban J connectivity index is 1.72. The molecule has 0 bridgehead atoms. The maximum Gasteiger partial charge on any atom is 0.433 e. The third-order valence-electron chi connectivity index (χ3n) is 4.61. The van der Waals surface area contributed by atoms with Crippen LogP contribution in [0, 0.1) is 6.92 Å². The summed E-state index contributed by atoms with van der Waals surface area (Å²) in [5, 5.41) is 4.00. The highest BCUT2D eigenvalue weighted by molar-refractivity contribution is 7.15. The van der Waals surface area contributed by atoms with Gasteiger partial charge in [-0.3, -0.25) is 0 Å². The Morgan fingerprint density at radius 2 is 1.83 bits per heavy atom. The van der Waals surface area contributed by atoms with Gasteiger partial charge in [-0.2, -0.15) is 13.2 Å². The van der Waals surface area contributed by atoms with Crippen LogP contribution in [0.25, 0.3) is 10.4 Å². The molecule has 3 rings (SSSR count). The van der Waals surface area contributed by atoms with Crippen molar-refractivity contribution in [3.63, 3.8) is 0 Å². The smallest absolute Gasteiger partial charge is 0.324 e. The zero-order valence-electron chi connectivity index (χ0n) is 17.1. The highest BCUT2D eigenvalue weighted by Crippen LogP contribution is 2.32. The Kier molecular flexibility index (Phi) is 7.42. The van der Waals surface area contributed by atoms with Gasteiger partial charge in [0.15, 0.2) is 0 Å². The molecule has 0 amide bonds. The number of nitrogens with one attached hydrogen (secondary N) is 1. The molecule has 0 fully saturated rings. The molecule has 1 aromatic carbocycles. The highest BCUT2D eigenvalue weighted by Gasteiger charge is 2.32. The van der Waals surface area contributed by atoms with Crippen molar-refractivity contribution >= 4 is 23.0 Å². The van der Waals surface area contributed by atoms with E-state index in [0.29, 0.717) is 5.69 Å². The summed E-state index contributed by atoms with van der Waals surface area (Å²) in [6.45, 7) is 4.15. The number of thiazole rings is 1. The van der Waals surface area contributed by atoms with Gasteiger partial charge in [0.1, 0.15) is 5.69 Å². The summed E-state index contributed by atoms with van der Waals surface area (Å²) in [5.41, 5.74) is 1.62.